The zero-order valence-electron chi connectivity index (χ0n) is 17.9. The summed E-state index contributed by atoms with van der Waals surface area (Å²) in [5, 5.41) is 21.0. The van der Waals surface area contributed by atoms with Crippen LogP contribution in [0.4, 0.5) is 11.5 Å². The minimum atomic E-state index is -0.616. The highest BCUT2D eigenvalue weighted by Gasteiger charge is 2.37. The number of carbonyl (C=O) groups is 2. The molecular weight excluding hydrogens is 416 g/mol. The van der Waals surface area contributed by atoms with Crippen molar-refractivity contribution in [1.29, 1.82) is 5.26 Å². The molecule has 1 saturated carbocycles. The molecule has 9 heteroatoms. The molecule has 1 aromatic heterocycles. The van der Waals surface area contributed by atoms with E-state index in [-0.39, 0.29) is 29.0 Å². The zero-order chi connectivity index (χ0) is 22.8. The third-order valence-corrected chi connectivity index (χ3v) is 5.54. The van der Waals surface area contributed by atoms with Crippen LogP contribution in [-0.2, 0) is 4.79 Å². The lowest BCUT2D eigenvalue weighted by Gasteiger charge is -2.33. The van der Waals surface area contributed by atoms with E-state index < -0.39 is 11.8 Å². The van der Waals surface area contributed by atoms with Crippen LogP contribution in [0.5, 0.6) is 0 Å². The molecule has 4 N–H and O–H groups in total. The highest BCUT2D eigenvalue weighted by atomic mass is 35.5. The summed E-state index contributed by atoms with van der Waals surface area (Å²) in [6.07, 6.45) is 3.25. The number of aromatic nitrogens is 2. The van der Waals surface area contributed by atoms with Crippen LogP contribution in [0.15, 0.2) is 30.5 Å². The zero-order valence-corrected chi connectivity index (χ0v) is 18.6. The van der Waals surface area contributed by atoms with Gasteiger partial charge in [0, 0.05) is 28.4 Å². The monoisotopic (exact) mass is 442 g/mol. The largest absolute Gasteiger partial charge is 0.365 e. The highest BCUT2D eigenvalue weighted by molar-refractivity contribution is 6.30. The highest BCUT2D eigenvalue weighted by Crippen LogP contribution is 2.38. The Hall–Kier alpha value is -3.05. The fourth-order valence-electron chi connectivity index (χ4n) is 3.82. The van der Waals surface area contributed by atoms with E-state index in [0.717, 1.165) is 0 Å². The second kappa shape index (κ2) is 8.98. The maximum Gasteiger partial charge on any atom is 0.254 e. The number of nitrogens with two attached hydrogens (primary N) is 1. The SMILES string of the molecule is CC(C)(C)NC(=O)[C@@H]1CC[C@@H](n2cc(C(N)=O)c(Nc3ccc(Cl)cc3)n2)[C@H](C#N)C1. The first kappa shape index (κ1) is 22.6. The standard InChI is InChI=1S/C22H27ClN6O2/c1-22(2,3)27-21(31)13-4-9-18(14(10-13)11-24)29-12-17(19(25)30)20(28-29)26-16-7-5-15(23)6-8-16/h5-8,12-14,18H,4,9-10H2,1-3H3,(H2,25,30)(H,26,28)(H,27,31)/t13-,14+,18-/m1/s1. The number of nitrogens with one attached hydrogen (secondary N) is 2. The van der Waals surface area contributed by atoms with Crippen molar-refractivity contribution in [1.82, 2.24) is 15.1 Å². The molecule has 1 aliphatic carbocycles. The van der Waals surface area contributed by atoms with Crippen LogP contribution in [0.25, 0.3) is 0 Å². The van der Waals surface area contributed by atoms with Gasteiger partial charge in [0.25, 0.3) is 5.91 Å². The Kier molecular flexibility index (Phi) is 6.56. The quantitative estimate of drug-likeness (QED) is 0.649. The maximum absolute atomic E-state index is 12.6. The molecule has 0 bridgehead atoms. The molecule has 1 fully saturated rings. The summed E-state index contributed by atoms with van der Waals surface area (Å²) < 4.78 is 1.63. The van der Waals surface area contributed by atoms with Crippen LogP contribution >= 0.6 is 11.6 Å². The molecular formula is C22H27ClN6O2. The lowest BCUT2D eigenvalue weighted by atomic mass is 9.78. The molecule has 3 rings (SSSR count). The van der Waals surface area contributed by atoms with E-state index in [1.165, 1.54) is 0 Å². The van der Waals surface area contributed by atoms with E-state index >= 15 is 0 Å². The Balaban J connectivity index is 1.80. The maximum atomic E-state index is 12.6. The summed E-state index contributed by atoms with van der Waals surface area (Å²) in [4.78, 5) is 24.5. The minimum Gasteiger partial charge on any atom is -0.365 e. The summed E-state index contributed by atoms with van der Waals surface area (Å²) >= 11 is 5.92. The van der Waals surface area contributed by atoms with Crippen molar-refractivity contribution < 1.29 is 9.59 Å². The number of carbonyl (C=O) groups excluding carboxylic acids is 2. The minimum absolute atomic E-state index is 0.0328. The lowest BCUT2D eigenvalue weighted by molar-refractivity contribution is -0.128. The Labute approximate surface area is 186 Å². The van der Waals surface area contributed by atoms with Gasteiger partial charge in [-0.15, -0.1) is 0 Å². The summed E-state index contributed by atoms with van der Waals surface area (Å²) in [7, 11) is 0. The molecule has 1 aliphatic rings. The van der Waals surface area contributed by atoms with Gasteiger partial charge in [-0.1, -0.05) is 11.6 Å². The van der Waals surface area contributed by atoms with Gasteiger partial charge < -0.3 is 16.4 Å². The van der Waals surface area contributed by atoms with Crippen molar-refractivity contribution in [2.24, 2.45) is 17.6 Å². The average Bonchev–Trinajstić information content (AvgIpc) is 3.12. The molecule has 1 aromatic carbocycles. The molecule has 0 unspecified atom stereocenters. The summed E-state index contributed by atoms with van der Waals surface area (Å²) in [5.74, 6) is -0.963. The molecule has 0 radical (unpaired) electrons. The van der Waals surface area contributed by atoms with E-state index in [0.29, 0.717) is 35.8 Å². The lowest BCUT2D eigenvalue weighted by Crippen LogP contribution is -2.45. The number of halogens is 1. The van der Waals surface area contributed by atoms with Crippen molar-refractivity contribution in [3.05, 3.63) is 41.0 Å². The fourth-order valence-corrected chi connectivity index (χ4v) is 3.95. The Morgan fingerprint density at radius 2 is 1.94 bits per heavy atom. The van der Waals surface area contributed by atoms with Crippen LogP contribution in [0.1, 0.15) is 56.4 Å². The van der Waals surface area contributed by atoms with E-state index in [4.69, 9.17) is 17.3 Å². The summed E-state index contributed by atoms with van der Waals surface area (Å²) in [6.45, 7) is 5.80. The second-order valence-corrected chi connectivity index (χ2v) is 9.36. The number of benzene rings is 1. The smallest absolute Gasteiger partial charge is 0.254 e. The van der Waals surface area contributed by atoms with E-state index in [2.05, 4.69) is 21.8 Å². The first-order chi connectivity index (χ1) is 14.6. The van der Waals surface area contributed by atoms with Crippen molar-refractivity contribution >= 4 is 34.9 Å². The van der Waals surface area contributed by atoms with Gasteiger partial charge in [-0.25, -0.2) is 0 Å². The third-order valence-electron chi connectivity index (χ3n) is 5.29. The van der Waals surface area contributed by atoms with Gasteiger partial charge in [0.1, 0.15) is 5.56 Å². The van der Waals surface area contributed by atoms with Crippen molar-refractivity contribution in [3.8, 4) is 6.07 Å². The van der Waals surface area contributed by atoms with Gasteiger partial charge in [-0.2, -0.15) is 10.4 Å². The van der Waals surface area contributed by atoms with Gasteiger partial charge in [0.05, 0.1) is 18.0 Å². The summed E-state index contributed by atoms with van der Waals surface area (Å²) in [5.41, 5.74) is 6.17. The van der Waals surface area contributed by atoms with Crippen LogP contribution < -0.4 is 16.4 Å². The number of nitrogens with zero attached hydrogens (tertiary/aromatic N) is 3. The first-order valence-corrected chi connectivity index (χ1v) is 10.6. The predicted octanol–water partition coefficient (Wildman–Crippen LogP) is 3.77. The van der Waals surface area contributed by atoms with Crippen LogP contribution in [0.2, 0.25) is 5.02 Å². The normalized spacial score (nSPS) is 21.2. The van der Waals surface area contributed by atoms with E-state index in [1.54, 1.807) is 35.1 Å². The fraction of sp³-hybridized carbons (Fsp3) is 0.455. The first-order valence-electron chi connectivity index (χ1n) is 10.2. The number of hydrogen-bond acceptors (Lipinski definition) is 5. The van der Waals surface area contributed by atoms with Gasteiger partial charge in [-0.3, -0.25) is 14.3 Å². The number of anilines is 2. The predicted molar refractivity (Wildman–Crippen MR) is 119 cm³/mol. The molecule has 0 aliphatic heterocycles. The molecule has 8 nitrogen and oxygen atoms in total. The van der Waals surface area contributed by atoms with Gasteiger partial charge >= 0.3 is 0 Å². The topological polar surface area (TPSA) is 126 Å². The van der Waals surface area contributed by atoms with Crippen molar-refractivity contribution in [2.45, 2.75) is 51.6 Å². The van der Waals surface area contributed by atoms with Gasteiger partial charge in [-0.05, 0) is 64.3 Å². The van der Waals surface area contributed by atoms with Gasteiger partial charge in [0.15, 0.2) is 5.82 Å². The molecule has 164 valence electrons. The van der Waals surface area contributed by atoms with Crippen LogP contribution in [0, 0.1) is 23.2 Å². The number of hydrogen-bond donors (Lipinski definition) is 3. The Bertz CT molecular complexity index is 1000. The van der Waals surface area contributed by atoms with E-state index in [1.807, 2.05) is 20.8 Å². The average molecular weight is 443 g/mol. The Morgan fingerprint density at radius 1 is 1.26 bits per heavy atom. The third kappa shape index (κ3) is 5.56. The Morgan fingerprint density at radius 3 is 2.52 bits per heavy atom. The molecule has 2 aromatic rings. The molecule has 0 spiro atoms. The molecule has 1 heterocycles. The van der Waals surface area contributed by atoms with Crippen LogP contribution in [0.3, 0.4) is 0 Å². The second-order valence-electron chi connectivity index (χ2n) is 8.92. The van der Waals surface area contributed by atoms with Gasteiger partial charge in [0.2, 0.25) is 5.91 Å². The number of nitriles is 1. The van der Waals surface area contributed by atoms with E-state index in [9.17, 15) is 14.9 Å². The van der Waals surface area contributed by atoms with Crippen LogP contribution in [-0.4, -0.2) is 27.1 Å². The molecule has 2 amide bonds. The summed E-state index contributed by atoms with van der Waals surface area (Å²) in [6, 6.07) is 9.05. The molecule has 31 heavy (non-hydrogen) atoms. The van der Waals surface area contributed by atoms with Crippen molar-refractivity contribution in [3.63, 3.8) is 0 Å². The number of amides is 2. The number of primary amides is 1. The number of rotatable bonds is 5. The molecule has 0 saturated heterocycles. The molecule has 3 atom stereocenters. The van der Waals surface area contributed by atoms with Crippen molar-refractivity contribution in [2.75, 3.05) is 5.32 Å².